The van der Waals surface area contributed by atoms with E-state index in [9.17, 15) is 9.59 Å². The number of rotatable bonds is 5. The number of nitrogens with zero attached hydrogens (tertiary/aromatic N) is 1. The van der Waals surface area contributed by atoms with Crippen molar-refractivity contribution in [1.29, 1.82) is 0 Å². The summed E-state index contributed by atoms with van der Waals surface area (Å²) >= 11 is 0. The summed E-state index contributed by atoms with van der Waals surface area (Å²) in [6.07, 6.45) is 5.16. The number of esters is 1. The van der Waals surface area contributed by atoms with Gasteiger partial charge < -0.3 is 10.1 Å². The lowest BCUT2D eigenvalue weighted by atomic mass is 9.84. The van der Waals surface area contributed by atoms with Gasteiger partial charge in [-0.15, -0.1) is 0 Å². The molecule has 2 N–H and O–H groups in total. The Bertz CT molecular complexity index is 800. The average molecular weight is 341 g/mol. The monoisotopic (exact) mass is 341 g/mol. The van der Waals surface area contributed by atoms with Crippen LogP contribution >= 0.6 is 0 Å². The number of nitrogens with one attached hydrogen (secondary N) is 2. The molecule has 0 radical (unpaired) electrons. The second-order valence-corrected chi connectivity index (χ2v) is 7.39. The highest BCUT2D eigenvalue weighted by atomic mass is 16.5. The molecule has 2 aliphatic rings. The Kier molecular flexibility index (Phi) is 4.19. The molecule has 2 aromatic rings. The van der Waals surface area contributed by atoms with Gasteiger partial charge in [-0.2, -0.15) is 5.10 Å². The molecule has 1 amide bonds. The fourth-order valence-electron chi connectivity index (χ4n) is 4.63. The van der Waals surface area contributed by atoms with Gasteiger partial charge in [-0.1, -0.05) is 24.6 Å². The van der Waals surface area contributed by atoms with Crippen LogP contribution in [-0.4, -0.2) is 34.7 Å². The summed E-state index contributed by atoms with van der Waals surface area (Å²) in [6, 6.07) is 7.46. The molecular formula is C19H23N3O3. The number of hydrogen-bond donors (Lipinski definition) is 2. The SMILES string of the molecule is C[C@H](NC(=O)COC(=O)c1n[nH]c2ccccc12)[C@@H]1C[C@H]2CC[C@H]1C2. The minimum atomic E-state index is -0.583. The molecule has 0 saturated heterocycles. The van der Waals surface area contributed by atoms with Crippen molar-refractivity contribution in [2.75, 3.05) is 6.61 Å². The van der Waals surface area contributed by atoms with Gasteiger partial charge in [0.2, 0.25) is 0 Å². The first kappa shape index (κ1) is 16.1. The summed E-state index contributed by atoms with van der Waals surface area (Å²) in [4.78, 5) is 24.3. The zero-order valence-corrected chi connectivity index (χ0v) is 14.3. The molecular weight excluding hydrogens is 318 g/mol. The first-order valence-corrected chi connectivity index (χ1v) is 9.01. The molecule has 6 nitrogen and oxygen atoms in total. The van der Waals surface area contributed by atoms with E-state index in [1.807, 2.05) is 18.2 Å². The Hall–Kier alpha value is -2.37. The molecule has 0 unspecified atom stereocenters. The lowest BCUT2D eigenvalue weighted by Crippen LogP contribution is -2.42. The molecule has 2 saturated carbocycles. The van der Waals surface area contributed by atoms with Crippen molar-refractivity contribution in [1.82, 2.24) is 15.5 Å². The molecule has 0 aliphatic heterocycles. The third-order valence-corrected chi connectivity index (χ3v) is 5.82. The van der Waals surface area contributed by atoms with Crippen molar-refractivity contribution in [3.8, 4) is 0 Å². The molecule has 2 bridgehead atoms. The topological polar surface area (TPSA) is 84.1 Å². The van der Waals surface area contributed by atoms with Crippen LogP contribution in [0.1, 0.15) is 43.1 Å². The minimum absolute atomic E-state index is 0.132. The summed E-state index contributed by atoms with van der Waals surface area (Å²) in [5.41, 5.74) is 0.980. The van der Waals surface area contributed by atoms with Crippen molar-refractivity contribution >= 4 is 22.8 Å². The molecule has 1 aromatic carbocycles. The van der Waals surface area contributed by atoms with Gasteiger partial charge >= 0.3 is 5.97 Å². The van der Waals surface area contributed by atoms with Crippen LogP contribution in [0.5, 0.6) is 0 Å². The van der Waals surface area contributed by atoms with Crippen molar-refractivity contribution in [2.24, 2.45) is 17.8 Å². The number of ether oxygens (including phenoxy) is 1. The van der Waals surface area contributed by atoms with Crippen molar-refractivity contribution in [3.63, 3.8) is 0 Å². The number of H-pyrrole nitrogens is 1. The summed E-state index contributed by atoms with van der Waals surface area (Å²) in [5, 5.41) is 10.5. The Balaban J connectivity index is 1.30. The van der Waals surface area contributed by atoms with Gasteiger partial charge in [0.05, 0.1) is 5.52 Å². The van der Waals surface area contributed by atoms with Gasteiger partial charge in [0, 0.05) is 11.4 Å². The Morgan fingerprint density at radius 1 is 1.32 bits per heavy atom. The Labute approximate surface area is 146 Å². The highest BCUT2D eigenvalue weighted by Gasteiger charge is 2.42. The van der Waals surface area contributed by atoms with E-state index in [2.05, 4.69) is 22.4 Å². The van der Waals surface area contributed by atoms with Gasteiger partial charge in [0.15, 0.2) is 12.3 Å². The first-order chi connectivity index (χ1) is 12.1. The zero-order chi connectivity index (χ0) is 17.4. The second-order valence-electron chi connectivity index (χ2n) is 7.39. The van der Waals surface area contributed by atoms with Gasteiger partial charge in [0.25, 0.3) is 5.91 Å². The average Bonchev–Trinajstić information content (AvgIpc) is 3.34. The highest BCUT2D eigenvalue weighted by molar-refractivity contribution is 6.02. The van der Waals surface area contributed by atoms with Crippen LogP contribution in [0.2, 0.25) is 0 Å². The fourth-order valence-corrected chi connectivity index (χ4v) is 4.63. The van der Waals surface area contributed by atoms with Crippen LogP contribution in [0.15, 0.2) is 24.3 Å². The molecule has 6 heteroatoms. The standard InChI is InChI=1S/C19H23N3O3/c1-11(15-9-12-6-7-13(15)8-12)20-17(23)10-25-19(24)18-14-4-2-3-5-16(14)21-22-18/h2-5,11-13,15H,6-10H2,1H3,(H,20,23)(H,21,22)/t11-,12-,13-,15-/m0/s1. The second kappa shape index (κ2) is 6.50. The predicted octanol–water partition coefficient (Wildman–Crippen LogP) is 2.66. The predicted molar refractivity (Wildman–Crippen MR) is 92.9 cm³/mol. The van der Waals surface area contributed by atoms with Crippen LogP contribution in [0, 0.1) is 17.8 Å². The number of benzene rings is 1. The molecule has 4 atom stereocenters. The third-order valence-electron chi connectivity index (χ3n) is 5.82. The van der Waals surface area contributed by atoms with Crippen LogP contribution in [0.3, 0.4) is 0 Å². The number of fused-ring (bicyclic) bond motifs is 3. The molecule has 2 fully saturated rings. The minimum Gasteiger partial charge on any atom is -0.451 e. The molecule has 132 valence electrons. The Morgan fingerprint density at radius 2 is 2.16 bits per heavy atom. The van der Waals surface area contributed by atoms with E-state index in [0.717, 1.165) is 17.4 Å². The first-order valence-electron chi connectivity index (χ1n) is 9.01. The molecule has 1 aromatic heterocycles. The van der Waals surface area contributed by atoms with Gasteiger partial charge in [-0.3, -0.25) is 9.89 Å². The lowest BCUT2D eigenvalue weighted by Gasteiger charge is -2.28. The van der Waals surface area contributed by atoms with Crippen molar-refractivity contribution < 1.29 is 14.3 Å². The normalized spacial score (nSPS) is 25.9. The maximum absolute atomic E-state index is 12.2. The van der Waals surface area contributed by atoms with E-state index in [0.29, 0.717) is 11.3 Å². The smallest absolute Gasteiger partial charge is 0.359 e. The van der Waals surface area contributed by atoms with Crippen LogP contribution in [0.25, 0.3) is 10.9 Å². The third kappa shape index (κ3) is 3.13. The number of aromatic amines is 1. The summed E-state index contributed by atoms with van der Waals surface area (Å²) in [7, 11) is 0. The zero-order valence-electron chi connectivity index (χ0n) is 14.3. The number of aromatic nitrogens is 2. The maximum Gasteiger partial charge on any atom is 0.359 e. The van der Waals surface area contributed by atoms with E-state index in [1.54, 1.807) is 6.07 Å². The molecule has 25 heavy (non-hydrogen) atoms. The number of hydrogen-bond acceptors (Lipinski definition) is 4. The lowest BCUT2D eigenvalue weighted by molar-refractivity contribution is -0.125. The summed E-state index contributed by atoms with van der Waals surface area (Å²) < 4.78 is 5.15. The molecule has 4 rings (SSSR count). The van der Waals surface area contributed by atoms with Crippen LogP contribution in [0.4, 0.5) is 0 Å². The molecule has 1 heterocycles. The number of para-hydroxylation sites is 1. The summed E-state index contributed by atoms with van der Waals surface area (Å²) in [6.45, 7) is 1.79. The Morgan fingerprint density at radius 3 is 2.92 bits per heavy atom. The maximum atomic E-state index is 12.2. The molecule has 0 spiro atoms. The van der Waals surface area contributed by atoms with E-state index in [1.165, 1.54) is 25.7 Å². The van der Waals surface area contributed by atoms with Crippen molar-refractivity contribution in [2.45, 2.75) is 38.6 Å². The van der Waals surface area contributed by atoms with Crippen LogP contribution in [-0.2, 0) is 9.53 Å². The van der Waals surface area contributed by atoms with Crippen molar-refractivity contribution in [3.05, 3.63) is 30.0 Å². The summed E-state index contributed by atoms with van der Waals surface area (Å²) in [5.74, 6) is 1.33. The number of carbonyl (C=O) groups excluding carboxylic acids is 2. The van der Waals surface area contributed by atoms with E-state index < -0.39 is 5.97 Å². The molecule has 2 aliphatic carbocycles. The van der Waals surface area contributed by atoms with Gasteiger partial charge in [-0.25, -0.2) is 4.79 Å². The van der Waals surface area contributed by atoms with E-state index in [4.69, 9.17) is 4.74 Å². The number of amides is 1. The van der Waals surface area contributed by atoms with Gasteiger partial charge in [-0.05, 0) is 50.0 Å². The van der Waals surface area contributed by atoms with Gasteiger partial charge in [0.1, 0.15) is 0 Å². The largest absolute Gasteiger partial charge is 0.451 e. The number of carbonyl (C=O) groups is 2. The van der Waals surface area contributed by atoms with E-state index >= 15 is 0 Å². The highest BCUT2D eigenvalue weighted by Crippen LogP contribution is 2.49. The quantitative estimate of drug-likeness (QED) is 0.819. The van der Waals surface area contributed by atoms with E-state index in [-0.39, 0.29) is 24.2 Å². The van der Waals surface area contributed by atoms with Crippen LogP contribution < -0.4 is 5.32 Å². The fraction of sp³-hybridized carbons (Fsp3) is 0.526.